The van der Waals surface area contributed by atoms with Crippen molar-refractivity contribution in [2.75, 3.05) is 20.8 Å². The molecule has 0 saturated heterocycles. The predicted octanol–water partition coefficient (Wildman–Crippen LogP) is 1.39. The molecule has 1 aliphatic rings. The van der Waals surface area contributed by atoms with E-state index < -0.39 is 0 Å². The van der Waals surface area contributed by atoms with Gasteiger partial charge in [0, 0.05) is 31.3 Å². The quantitative estimate of drug-likeness (QED) is 0.445. The minimum Gasteiger partial charge on any atom is 0 e. The summed E-state index contributed by atoms with van der Waals surface area (Å²) < 4.78 is 38.5. The average Bonchev–Trinajstić information content (AvgIpc) is 2.53. The van der Waals surface area contributed by atoms with Gasteiger partial charge < -0.3 is 14.2 Å². The average molecular weight is 324 g/mol. The van der Waals surface area contributed by atoms with E-state index in [4.69, 9.17) is 28.2 Å². The number of hydrogen-bond acceptors (Lipinski definition) is 3. The maximum absolute atomic E-state index is 7.50. The fourth-order valence-electron chi connectivity index (χ4n) is 1.37. The number of allylic oxidation sites excluding steroid dienone is 2. The van der Waals surface area contributed by atoms with Crippen molar-refractivity contribution in [3.05, 3.63) is 43.9 Å². The van der Waals surface area contributed by atoms with Gasteiger partial charge in [-0.1, -0.05) is 12.2 Å². The summed E-state index contributed by atoms with van der Waals surface area (Å²) in [5.41, 5.74) is 0. The molecule has 0 amide bonds. The summed E-state index contributed by atoms with van der Waals surface area (Å²) >= 11 is 0. The van der Waals surface area contributed by atoms with Gasteiger partial charge in [0.05, 0.1) is 6.61 Å². The normalized spacial score (nSPS) is 17.9. The van der Waals surface area contributed by atoms with E-state index in [9.17, 15) is 0 Å². The number of rotatable bonds is 4. The Hall–Kier alpha value is -1.06. The third-order valence-corrected chi connectivity index (χ3v) is 1.98. The Labute approximate surface area is 129 Å². The van der Waals surface area contributed by atoms with Crippen LogP contribution in [0.1, 0.15) is 6.92 Å². The molecule has 0 saturated carbocycles. The third-order valence-electron chi connectivity index (χ3n) is 1.98. The molecule has 0 aromatic heterocycles. The Balaban J connectivity index is -0.000000162. The predicted molar refractivity (Wildman–Crippen MR) is 62.2 cm³/mol. The third kappa shape index (κ3) is 10.8. The van der Waals surface area contributed by atoms with E-state index >= 15 is 0 Å². The zero-order valence-corrected chi connectivity index (χ0v) is 12.5. The zero-order valence-electron chi connectivity index (χ0n) is 11.4. The van der Waals surface area contributed by atoms with Crippen molar-refractivity contribution in [2.45, 2.75) is 19.1 Å². The van der Waals surface area contributed by atoms with E-state index in [0.29, 0.717) is 6.61 Å². The largest absolute Gasteiger partial charge is 0 e. The fourth-order valence-corrected chi connectivity index (χ4v) is 1.37. The molecule has 0 unspecified atom stereocenters. The molecule has 0 radical (unpaired) electrons. The van der Waals surface area contributed by atoms with Crippen LogP contribution < -0.4 is 0 Å². The fraction of sp³-hybridized carbons (Fsp3) is 0.462. The van der Waals surface area contributed by atoms with Gasteiger partial charge in [0.2, 0.25) is 0 Å². The molecule has 0 N–H and O–H groups in total. The molecule has 0 bridgehead atoms. The summed E-state index contributed by atoms with van der Waals surface area (Å²) in [6.07, 6.45) is 5.63. The summed E-state index contributed by atoms with van der Waals surface area (Å²) in [7, 11) is 3.32. The van der Waals surface area contributed by atoms with E-state index in [0.717, 1.165) is 5.76 Å². The number of ether oxygens (including phenoxy) is 3. The first-order valence-corrected chi connectivity index (χ1v) is 5.01. The first kappa shape index (κ1) is 27.3. The summed E-state index contributed by atoms with van der Waals surface area (Å²) in [4.78, 5) is 0. The van der Waals surface area contributed by atoms with Crippen LogP contribution in [0, 0.1) is 20.0 Å². The van der Waals surface area contributed by atoms with Crippen LogP contribution in [-0.2, 0) is 45.2 Å². The van der Waals surface area contributed by atoms with Crippen molar-refractivity contribution >= 4 is 0 Å². The topological polar surface area (TPSA) is 87.4 Å². The molecule has 7 heteroatoms. The van der Waals surface area contributed by atoms with Crippen LogP contribution in [-0.4, -0.2) is 33.0 Å². The van der Waals surface area contributed by atoms with E-state index in [1.807, 2.05) is 25.2 Å². The van der Waals surface area contributed by atoms with Crippen LogP contribution in [0.3, 0.4) is 0 Å². The van der Waals surface area contributed by atoms with Gasteiger partial charge in [-0.3, -0.25) is 0 Å². The molecule has 6 nitrogen and oxygen atoms in total. The molecule has 2 atom stereocenters. The van der Waals surface area contributed by atoms with Gasteiger partial charge in [-0.15, -0.1) is 0 Å². The van der Waals surface area contributed by atoms with Gasteiger partial charge in [0.1, 0.15) is 18.0 Å². The van der Waals surface area contributed by atoms with Crippen molar-refractivity contribution in [3.63, 3.8) is 0 Å². The maximum Gasteiger partial charge on any atom is 0 e. The Morgan fingerprint density at radius 1 is 1.05 bits per heavy atom. The maximum atomic E-state index is 7.50. The molecule has 0 aromatic carbocycles. The molecule has 112 valence electrons. The Bertz CT molecular complexity index is 304. The van der Waals surface area contributed by atoms with Gasteiger partial charge in [-0.25, -0.2) is 0 Å². The summed E-state index contributed by atoms with van der Waals surface area (Å²) in [5, 5.41) is 0. The Morgan fingerprint density at radius 2 is 1.55 bits per heavy atom. The molecular weight excluding hydrogens is 308 g/mol. The van der Waals surface area contributed by atoms with Gasteiger partial charge in [-0.05, 0) is 13.0 Å². The summed E-state index contributed by atoms with van der Waals surface area (Å²) in [6.45, 7) is 16.1. The smallest absolute Gasteiger partial charge is 0 e. The van der Waals surface area contributed by atoms with Crippen molar-refractivity contribution in [1.82, 2.24) is 0 Å². The van der Waals surface area contributed by atoms with Gasteiger partial charge >= 0.3 is 33.9 Å². The van der Waals surface area contributed by atoms with Crippen LogP contribution in [0.5, 0.6) is 0 Å². The standard InChI is InChI=1S/C10H16O3.3CO.Fe/c1-4-13-9-7-5-6-8(11-2)10(9)12-3;3*1-2;/h5-8,10H,4H2,1-3H3;;;;/t8-,10-;;;;/m0..../s1. The SMILES string of the molecule is CCOC1=CC=C[C@H](OC)[C@@H]1OC.[C-]#[O+].[C-]#[O+].[C-]#[O+].[Fe]. The molecule has 1 rings (SSSR count). The van der Waals surface area contributed by atoms with Crippen LogP contribution in [0.4, 0.5) is 0 Å². The van der Waals surface area contributed by atoms with Crippen LogP contribution in [0.15, 0.2) is 24.0 Å². The minimum atomic E-state index is -0.116. The molecular formula is C13H16FeO6. The molecule has 0 fully saturated rings. The van der Waals surface area contributed by atoms with E-state index in [1.54, 1.807) is 14.2 Å². The monoisotopic (exact) mass is 324 g/mol. The van der Waals surface area contributed by atoms with Crippen molar-refractivity contribution < 1.29 is 45.2 Å². The second-order valence-electron chi connectivity index (χ2n) is 2.74. The Morgan fingerprint density at radius 3 is 1.90 bits per heavy atom. The first-order valence-electron chi connectivity index (χ1n) is 5.01. The van der Waals surface area contributed by atoms with Crippen molar-refractivity contribution in [2.24, 2.45) is 0 Å². The number of methoxy groups -OCH3 is 2. The van der Waals surface area contributed by atoms with E-state index in [-0.39, 0.29) is 29.3 Å². The van der Waals surface area contributed by atoms with E-state index in [1.165, 1.54) is 0 Å². The van der Waals surface area contributed by atoms with Crippen LogP contribution in [0.25, 0.3) is 0 Å². The molecule has 0 heterocycles. The first-order chi connectivity index (χ1) is 9.33. The summed E-state index contributed by atoms with van der Waals surface area (Å²) in [5.74, 6) is 0.833. The molecule has 1 aliphatic carbocycles. The molecule has 0 aliphatic heterocycles. The van der Waals surface area contributed by atoms with Gasteiger partial charge in [0.25, 0.3) is 0 Å². The molecule has 0 aromatic rings. The molecule has 0 spiro atoms. The molecule has 20 heavy (non-hydrogen) atoms. The minimum absolute atomic E-state index is 0. The Kier molecular flexibility index (Phi) is 31.5. The summed E-state index contributed by atoms with van der Waals surface area (Å²) in [6, 6.07) is 0. The van der Waals surface area contributed by atoms with Crippen LogP contribution >= 0.6 is 0 Å². The van der Waals surface area contributed by atoms with Crippen molar-refractivity contribution in [3.8, 4) is 0 Å². The second-order valence-corrected chi connectivity index (χ2v) is 2.74. The van der Waals surface area contributed by atoms with Gasteiger partial charge in [0.15, 0.2) is 0 Å². The van der Waals surface area contributed by atoms with Crippen molar-refractivity contribution in [1.29, 1.82) is 0 Å². The zero-order chi connectivity index (χ0) is 15.7. The van der Waals surface area contributed by atoms with Crippen LogP contribution in [0.2, 0.25) is 0 Å². The van der Waals surface area contributed by atoms with Gasteiger partial charge in [-0.2, -0.15) is 0 Å². The van der Waals surface area contributed by atoms with E-state index in [2.05, 4.69) is 20.0 Å². The second kappa shape index (κ2) is 23.1. The number of hydrogen-bond donors (Lipinski definition) is 0.